The van der Waals surface area contributed by atoms with Gasteiger partial charge in [-0.15, -0.1) is 11.8 Å². The van der Waals surface area contributed by atoms with Gasteiger partial charge in [0.15, 0.2) is 5.78 Å². The topological polar surface area (TPSA) is 148 Å². The fraction of sp³-hybridized carbons (Fsp3) is 0.714. The molecule has 2 atom stereocenters. The van der Waals surface area contributed by atoms with Crippen LogP contribution in [-0.2, 0) is 23.9 Å². The van der Waals surface area contributed by atoms with Crippen LogP contribution in [0.25, 0.3) is 0 Å². The number of nitrogens with two attached hydrogens (primary N) is 1. The number of Topliss-reactive ketones (excluding diaryl/α,β-unsaturated/α-hetero) is 1. The van der Waals surface area contributed by atoms with Crippen LogP contribution in [0.3, 0.4) is 0 Å². The fourth-order valence-electron chi connectivity index (χ4n) is 1.67. The third-order valence-corrected chi connectivity index (χ3v) is 3.93. The largest absolute Gasteiger partial charge is 0.481 e. The normalized spacial score (nSPS) is 13.0. The minimum Gasteiger partial charge on any atom is -0.481 e. The highest BCUT2D eigenvalue weighted by molar-refractivity contribution is 8.00. The van der Waals surface area contributed by atoms with Crippen molar-refractivity contribution in [2.75, 3.05) is 32.0 Å². The van der Waals surface area contributed by atoms with Crippen LogP contribution in [0.1, 0.15) is 20.3 Å². The minimum atomic E-state index is -1.27. The van der Waals surface area contributed by atoms with E-state index in [4.69, 9.17) is 15.6 Å². The van der Waals surface area contributed by atoms with E-state index in [1.807, 2.05) is 13.8 Å². The van der Waals surface area contributed by atoms with E-state index in [1.54, 1.807) is 0 Å². The van der Waals surface area contributed by atoms with Crippen LogP contribution >= 0.6 is 11.8 Å². The van der Waals surface area contributed by atoms with Crippen molar-refractivity contribution in [2.45, 2.75) is 25.7 Å². The highest BCUT2D eigenvalue weighted by Crippen LogP contribution is 2.10. The number of ether oxygens (including phenoxy) is 1. The smallest absolute Gasteiger partial charge is 0.314 e. The molecule has 0 aliphatic heterocycles. The minimum absolute atomic E-state index is 0.00993. The van der Waals surface area contributed by atoms with Gasteiger partial charge in [0.1, 0.15) is 11.4 Å². The first kappa shape index (κ1) is 22.4. The highest BCUT2D eigenvalue weighted by Gasteiger charge is 2.25. The summed E-state index contributed by atoms with van der Waals surface area (Å²) in [5, 5.41) is 13.6. The molecule has 2 unspecified atom stereocenters. The van der Waals surface area contributed by atoms with Crippen LogP contribution in [0.5, 0.6) is 0 Å². The van der Waals surface area contributed by atoms with E-state index in [0.29, 0.717) is 6.61 Å². The summed E-state index contributed by atoms with van der Waals surface area (Å²) in [6.45, 7) is 3.58. The number of carboxylic acid groups (broad SMARTS) is 1. The first-order valence-corrected chi connectivity index (χ1v) is 8.58. The van der Waals surface area contributed by atoms with Crippen molar-refractivity contribution in [3.8, 4) is 0 Å². The van der Waals surface area contributed by atoms with E-state index < -0.39 is 30.1 Å². The number of thioether (sulfide) groups is 1. The van der Waals surface area contributed by atoms with Gasteiger partial charge in [0.25, 0.3) is 0 Å². The van der Waals surface area contributed by atoms with Crippen molar-refractivity contribution in [3.63, 3.8) is 0 Å². The lowest BCUT2D eigenvalue weighted by Crippen LogP contribution is -2.42. The molecule has 5 N–H and O–H groups in total. The Bertz CT molecular complexity index is 446. The Labute approximate surface area is 145 Å². The van der Waals surface area contributed by atoms with E-state index in [9.17, 15) is 19.2 Å². The molecule has 24 heavy (non-hydrogen) atoms. The van der Waals surface area contributed by atoms with Gasteiger partial charge in [0, 0.05) is 6.61 Å². The molecule has 0 heterocycles. The number of carbonyl (C=O) groups is 4. The molecule has 138 valence electrons. The Balaban J connectivity index is 4.03. The van der Waals surface area contributed by atoms with Gasteiger partial charge in [-0.1, -0.05) is 0 Å². The number of carboxylic acids is 1. The fourth-order valence-corrected chi connectivity index (χ4v) is 2.39. The van der Waals surface area contributed by atoms with Gasteiger partial charge in [-0.25, -0.2) is 0 Å². The van der Waals surface area contributed by atoms with Crippen LogP contribution in [0.15, 0.2) is 0 Å². The number of hydrogen-bond donors (Lipinski definition) is 4. The molecule has 0 aromatic rings. The predicted molar refractivity (Wildman–Crippen MR) is 89.4 cm³/mol. The average Bonchev–Trinajstić information content (AvgIpc) is 2.53. The summed E-state index contributed by atoms with van der Waals surface area (Å²) in [6.07, 6.45) is 0.00993. The molecule has 0 bridgehead atoms. The molecule has 0 radical (unpaired) electrons. The lowest BCUT2D eigenvalue weighted by atomic mass is 10.0. The number of ketones is 1. The molecule has 0 aliphatic carbocycles. The van der Waals surface area contributed by atoms with Gasteiger partial charge in [0.05, 0.1) is 18.8 Å². The summed E-state index contributed by atoms with van der Waals surface area (Å²) < 4.78 is 5.25. The Morgan fingerprint density at radius 3 is 2.33 bits per heavy atom. The van der Waals surface area contributed by atoms with Crippen molar-refractivity contribution >= 4 is 35.3 Å². The van der Waals surface area contributed by atoms with Gasteiger partial charge in [-0.3, -0.25) is 19.2 Å². The lowest BCUT2D eigenvalue weighted by molar-refractivity contribution is -0.146. The molecule has 9 nitrogen and oxygen atoms in total. The summed E-state index contributed by atoms with van der Waals surface area (Å²) in [5.74, 6) is -3.90. The third kappa shape index (κ3) is 10.2. The Morgan fingerprint density at radius 2 is 1.79 bits per heavy atom. The number of aliphatic carboxylic acids is 1. The monoisotopic (exact) mass is 363 g/mol. The Hall–Kier alpha value is -1.65. The Morgan fingerprint density at radius 1 is 1.17 bits per heavy atom. The summed E-state index contributed by atoms with van der Waals surface area (Å²) in [5.41, 5.74) is 5.13. The SMILES string of the molecule is CCOC(C)SCC(=O)NCC(=O)NCC(=O)C(CCN)C(=O)O. The van der Waals surface area contributed by atoms with Gasteiger partial charge in [-0.2, -0.15) is 0 Å². The van der Waals surface area contributed by atoms with E-state index in [-0.39, 0.29) is 36.6 Å². The predicted octanol–water partition coefficient (Wildman–Crippen LogP) is -1.05. The van der Waals surface area contributed by atoms with Gasteiger partial charge in [0.2, 0.25) is 11.8 Å². The molecule has 0 rings (SSSR count). The number of nitrogens with one attached hydrogen (secondary N) is 2. The van der Waals surface area contributed by atoms with E-state index >= 15 is 0 Å². The number of amides is 2. The van der Waals surface area contributed by atoms with Gasteiger partial charge < -0.3 is 26.2 Å². The van der Waals surface area contributed by atoms with E-state index in [1.165, 1.54) is 11.8 Å². The molecular formula is C14H25N3O6S. The number of hydrogen-bond acceptors (Lipinski definition) is 7. The average molecular weight is 363 g/mol. The summed E-state index contributed by atoms with van der Waals surface area (Å²) in [4.78, 5) is 45.7. The molecule has 2 amide bonds. The summed E-state index contributed by atoms with van der Waals surface area (Å²) in [6, 6.07) is 0. The molecule has 10 heteroatoms. The zero-order valence-corrected chi connectivity index (χ0v) is 14.7. The van der Waals surface area contributed by atoms with Crippen LogP contribution in [0.4, 0.5) is 0 Å². The lowest BCUT2D eigenvalue weighted by Gasteiger charge is -2.12. The second kappa shape index (κ2) is 12.7. The zero-order chi connectivity index (χ0) is 18.5. The second-order valence-electron chi connectivity index (χ2n) is 4.82. The molecule has 0 aromatic heterocycles. The summed E-state index contributed by atoms with van der Waals surface area (Å²) >= 11 is 1.29. The number of rotatable bonds is 13. The molecule has 0 aromatic carbocycles. The highest BCUT2D eigenvalue weighted by atomic mass is 32.2. The third-order valence-electron chi connectivity index (χ3n) is 2.90. The maximum atomic E-state index is 11.7. The maximum absolute atomic E-state index is 11.7. The van der Waals surface area contributed by atoms with E-state index in [0.717, 1.165) is 0 Å². The van der Waals surface area contributed by atoms with Crippen molar-refractivity contribution in [2.24, 2.45) is 11.7 Å². The van der Waals surface area contributed by atoms with Gasteiger partial charge in [-0.05, 0) is 26.8 Å². The van der Waals surface area contributed by atoms with Crippen LogP contribution in [0.2, 0.25) is 0 Å². The van der Waals surface area contributed by atoms with Gasteiger partial charge >= 0.3 is 5.97 Å². The van der Waals surface area contributed by atoms with Crippen molar-refractivity contribution in [1.29, 1.82) is 0 Å². The molecule has 0 aliphatic rings. The first-order chi connectivity index (χ1) is 11.3. The molecule has 0 saturated heterocycles. The second-order valence-corrected chi connectivity index (χ2v) is 6.11. The van der Waals surface area contributed by atoms with Crippen LogP contribution < -0.4 is 16.4 Å². The molecular weight excluding hydrogens is 338 g/mol. The standard InChI is InChI=1S/C14H25N3O6S/c1-3-23-9(2)24-8-13(20)17-7-12(19)16-6-11(18)10(4-5-15)14(21)22/h9-10H,3-8,15H2,1-2H3,(H,16,19)(H,17,20)(H,21,22). The van der Waals surface area contributed by atoms with E-state index in [2.05, 4.69) is 10.6 Å². The Kier molecular flexibility index (Phi) is 11.9. The summed E-state index contributed by atoms with van der Waals surface area (Å²) in [7, 11) is 0. The van der Waals surface area contributed by atoms with Crippen molar-refractivity contribution in [1.82, 2.24) is 10.6 Å². The van der Waals surface area contributed by atoms with Crippen molar-refractivity contribution < 1.29 is 29.0 Å². The first-order valence-electron chi connectivity index (χ1n) is 7.53. The van der Waals surface area contributed by atoms with Crippen molar-refractivity contribution in [3.05, 3.63) is 0 Å². The molecule has 0 spiro atoms. The molecule has 0 saturated carbocycles. The number of carbonyl (C=O) groups excluding carboxylic acids is 3. The maximum Gasteiger partial charge on any atom is 0.314 e. The molecule has 0 fully saturated rings. The van der Waals surface area contributed by atoms with Crippen LogP contribution in [0, 0.1) is 5.92 Å². The zero-order valence-electron chi connectivity index (χ0n) is 13.9. The van der Waals surface area contributed by atoms with Crippen LogP contribution in [-0.4, -0.2) is 66.1 Å². The quantitative estimate of drug-likeness (QED) is 0.239.